The average Bonchev–Trinajstić information content (AvgIpc) is 3.32. The molecule has 0 fully saturated rings. The van der Waals surface area contributed by atoms with E-state index in [1.54, 1.807) is 36.5 Å². The van der Waals surface area contributed by atoms with Crippen LogP contribution in [0.25, 0.3) is 11.3 Å². The Morgan fingerprint density at radius 2 is 1.86 bits per heavy atom. The van der Waals surface area contributed by atoms with Crippen molar-refractivity contribution >= 4 is 17.2 Å². The molecule has 8 N–H and O–H groups in total. The maximum atomic E-state index is 10.5. The number of phenolic OH excluding ortho intramolecular Hbond substituents is 1. The monoisotopic (exact) mass is 477 g/mol. The number of allylic oxidation sites excluding steroid dienone is 2. The zero-order valence-corrected chi connectivity index (χ0v) is 19.6. The van der Waals surface area contributed by atoms with Gasteiger partial charge in [-0.15, -0.1) is 0 Å². The number of benzene rings is 2. The summed E-state index contributed by atoms with van der Waals surface area (Å²) in [6.07, 6.45) is 6.70. The summed E-state index contributed by atoms with van der Waals surface area (Å²) in [5.41, 5.74) is 22.3. The van der Waals surface area contributed by atoms with Crippen LogP contribution < -0.4 is 17.2 Å². The van der Waals surface area contributed by atoms with E-state index in [2.05, 4.69) is 5.10 Å². The third kappa shape index (κ3) is 6.87. The Morgan fingerprint density at radius 3 is 2.51 bits per heavy atom. The number of hydrogen-bond donors (Lipinski definition) is 5. The van der Waals surface area contributed by atoms with E-state index in [-0.39, 0.29) is 24.2 Å². The molecule has 0 radical (unpaired) electrons. The summed E-state index contributed by atoms with van der Waals surface area (Å²) in [5.74, 6) is -0.805. The lowest BCUT2D eigenvalue weighted by Gasteiger charge is -2.13. The van der Waals surface area contributed by atoms with Gasteiger partial charge in [-0.3, -0.25) is 4.68 Å². The summed E-state index contributed by atoms with van der Waals surface area (Å²) < 4.78 is 6.89. The molecule has 2 aromatic carbocycles. The van der Waals surface area contributed by atoms with Crippen LogP contribution in [-0.2, 0) is 16.0 Å². The lowest BCUT2D eigenvalue weighted by atomic mass is 10.0. The van der Waals surface area contributed by atoms with Crippen LogP contribution >= 0.6 is 0 Å². The number of aromatic nitrogens is 2. The Labute approximate surface area is 204 Å². The van der Waals surface area contributed by atoms with Gasteiger partial charge in [-0.2, -0.15) is 5.10 Å². The van der Waals surface area contributed by atoms with Gasteiger partial charge < -0.3 is 32.2 Å². The molecule has 0 aliphatic carbocycles. The summed E-state index contributed by atoms with van der Waals surface area (Å²) >= 11 is 0. The van der Waals surface area contributed by atoms with E-state index in [0.717, 1.165) is 24.0 Å². The van der Waals surface area contributed by atoms with Crippen LogP contribution in [0, 0.1) is 0 Å². The molecule has 0 amide bonds. The molecule has 0 saturated heterocycles. The fraction of sp³-hybridized carbons (Fsp3) is 0.231. The standard InChI is InChI=1S/C26H31N5O4/c1-17(19-10-8-18(9-11-19)5-4-12-35-16-25(33)34)31-15-20(14-30-31)22(26(28)29)13-23(27)21-6-2-3-7-24(21)32/h2-3,6-11,13-15,17,32H,4-5,12,16,27-29H2,1H3,(H,33,34)/b23-13-. The molecule has 9 heteroatoms. The van der Waals surface area contributed by atoms with Gasteiger partial charge in [-0.05, 0) is 49.1 Å². The van der Waals surface area contributed by atoms with Gasteiger partial charge in [0.1, 0.15) is 18.2 Å². The number of hydrogen-bond acceptors (Lipinski definition) is 7. The predicted molar refractivity (Wildman–Crippen MR) is 135 cm³/mol. The Balaban J connectivity index is 1.70. The number of phenols is 1. The average molecular weight is 478 g/mol. The van der Waals surface area contributed by atoms with Crippen molar-refractivity contribution < 1.29 is 19.7 Å². The highest BCUT2D eigenvalue weighted by Crippen LogP contribution is 2.26. The summed E-state index contributed by atoms with van der Waals surface area (Å²) in [4.78, 5) is 10.5. The summed E-state index contributed by atoms with van der Waals surface area (Å²) in [6, 6.07) is 14.9. The third-order valence-corrected chi connectivity index (χ3v) is 5.58. The molecule has 1 atom stereocenters. The number of nitrogens with zero attached hydrogens (tertiary/aromatic N) is 2. The number of carboxylic acid groups (broad SMARTS) is 1. The van der Waals surface area contributed by atoms with Crippen molar-refractivity contribution in [2.75, 3.05) is 13.2 Å². The summed E-state index contributed by atoms with van der Waals surface area (Å²) in [6.45, 7) is 2.17. The lowest BCUT2D eigenvalue weighted by molar-refractivity contribution is -0.142. The van der Waals surface area contributed by atoms with Crippen LogP contribution in [0.2, 0.25) is 0 Å². The van der Waals surface area contributed by atoms with Gasteiger partial charge >= 0.3 is 5.97 Å². The first-order chi connectivity index (χ1) is 16.8. The van der Waals surface area contributed by atoms with E-state index < -0.39 is 5.97 Å². The molecule has 0 aliphatic heterocycles. The fourth-order valence-corrected chi connectivity index (χ4v) is 3.63. The van der Waals surface area contributed by atoms with Gasteiger partial charge in [0.25, 0.3) is 0 Å². The molecule has 1 heterocycles. The number of para-hydroxylation sites is 1. The minimum absolute atomic E-state index is 0.0450. The Kier molecular flexibility index (Phi) is 8.53. The first-order valence-corrected chi connectivity index (χ1v) is 11.2. The Morgan fingerprint density at radius 1 is 1.14 bits per heavy atom. The van der Waals surface area contributed by atoms with Crippen molar-refractivity contribution in [3.8, 4) is 5.75 Å². The Bertz CT molecular complexity index is 1210. The minimum Gasteiger partial charge on any atom is -0.507 e. The van der Waals surface area contributed by atoms with Gasteiger partial charge in [0.15, 0.2) is 0 Å². The number of nitrogens with two attached hydrogens (primary N) is 3. The highest BCUT2D eigenvalue weighted by atomic mass is 16.5. The van der Waals surface area contributed by atoms with Gasteiger partial charge in [0, 0.05) is 35.2 Å². The quantitative estimate of drug-likeness (QED) is 0.208. The van der Waals surface area contributed by atoms with Crippen molar-refractivity contribution in [1.29, 1.82) is 0 Å². The number of aliphatic carboxylic acids is 1. The molecule has 184 valence electrons. The van der Waals surface area contributed by atoms with Crippen LogP contribution in [0.4, 0.5) is 0 Å². The van der Waals surface area contributed by atoms with E-state index in [0.29, 0.717) is 29.0 Å². The normalized spacial score (nSPS) is 12.3. The second-order valence-electron chi connectivity index (χ2n) is 8.16. The minimum atomic E-state index is -0.961. The topological polar surface area (TPSA) is 163 Å². The zero-order valence-electron chi connectivity index (χ0n) is 19.6. The largest absolute Gasteiger partial charge is 0.507 e. The second kappa shape index (κ2) is 11.8. The second-order valence-corrected chi connectivity index (χ2v) is 8.16. The van der Waals surface area contributed by atoms with Gasteiger partial charge in [0.05, 0.1) is 12.2 Å². The molecular formula is C26H31N5O4. The molecule has 1 aromatic heterocycles. The molecule has 35 heavy (non-hydrogen) atoms. The number of aryl methyl sites for hydroxylation is 1. The highest BCUT2D eigenvalue weighted by molar-refractivity contribution is 5.84. The first-order valence-electron chi connectivity index (χ1n) is 11.2. The van der Waals surface area contributed by atoms with E-state index >= 15 is 0 Å². The van der Waals surface area contributed by atoms with Gasteiger partial charge in [0.2, 0.25) is 0 Å². The van der Waals surface area contributed by atoms with Crippen LogP contribution in [-0.4, -0.2) is 39.2 Å². The number of carboxylic acids is 1. The lowest BCUT2D eigenvalue weighted by Crippen LogP contribution is -2.12. The molecule has 0 bridgehead atoms. The summed E-state index contributed by atoms with van der Waals surface area (Å²) in [5, 5.41) is 23.2. The molecule has 3 aromatic rings. The van der Waals surface area contributed by atoms with Crippen molar-refractivity contribution in [3.05, 3.63) is 95.1 Å². The number of aromatic hydroxyl groups is 1. The van der Waals surface area contributed by atoms with Crippen molar-refractivity contribution in [2.24, 2.45) is 17.2 Å². The fourth-order valence-electron chi connectivity index (χ4n) is 3.63. The molecule has 1 unspecified atom stereocenters. The van der Waals surface area contributed by atoms with E-state index in [1.807, 2.05) is 42.1 Å². The van der Waals surface area contributed by atoms with Crippen LogP contribution in [0.15, 0.2) is 72.8 Å². The molecule has 0 spiro atoms. The van der Waals surface area contributed by atoms with Crippen LogP contribution in [0.3, 0.4) is 0 Å². The molecule has 9 nitrogen and oxygen atoms in total. The predicted octanol–water partition coefficient (Wildman–Crippen LogP) is 2.82. The molecule has 0 aliphatic rings. The number of ether oxygens (including phenoxy) is 1. The SMILES string of the molecule is CC(c1ccc(CCCOCC(=O)O)cc1)n1cc(C(/C=C(\N)c2ccccc2O)=C(N)N)cn1. The van der Waals surface area contributed by atoms with Gasteiger partial charge in [-0.25, -0.2) is 4.79 Å². The third-order valence-electron chi connectivity index (χ3n) is 5.58. The van der Waals surface area contributed by atoms with E-state index in [4.69, 9.17) is 27.0 Å². The molecule has 0 saturated carbocycles. The van der Waals surface area contributed by atoms with Crippen molar-refractivity contribution in [1.82, 2.24) is 9.78 Å². The van der Waals surface area contributed by atoms with Crippen LogP contribution in [0.1, 0.15) is 41.6 Å². The first kappa shape index (κ1) is 25.4. The zero-order chi connectivity index (χ0) is 25.4. The smallest absolute Gasteiger partial charge is 0.329 e. The van der Waals surface area contributed by atoms with E-state index in [1.165, 1.54) is 0 Å². The molecular weight excluding hydrogens is 446 g/mol. The van der Waals surface area contributed by atoms with Crippen molar-refractivity contribution in [2.45, 2.75) is 25.8 Å². The number of carbonyl (C=O) groups is 1. The highest BCUT2D eigenvalue weighted by Gasteiger charge is 2.13. The van der Waals surface area contributed by atoms with E-state index in [9.17, 15) is 9.90 Å². The maximum Gasteiger partial charge on any atom is 0.329 e. The molecule has 3 rings (SSSR count). The Hall–Kier alpha value is -4.24. The van der Waals surface area contributed by atoms with Crippen LogP contribution in [0.5, 0.6) is 5.75 Å². The van der Waals surface area contributed by atoms with Crippen molar-refractivity contribution in [3.63, 3.8) is 0 Å². The van der Waals surface area contributed by atoms with Gasteiger partial charge in [-0.1, -0.05) is 36.4 Å². The number of rotatable bonds is 11. The maximum absolute atomic E-state index is 10.5. The summed E-state index contributed by atoms with van der Waals surface area (Å²) in [7, 11) is 0.